The van der Waals surface area contributed by atoms with Crippen molar-refractivity contribution >= 4 is 5.69 Å². The molecule has 0 amide bonds. The summed E-state index contributed by atoms with van der Waals surface area (Å²) >= 11 is 0. The number of fused-ring (bicyclic) bond motifs is 1. The van der Waals surface area contributed by atoms with E-state index >= 15 is 0 Å². The van der Waals surface area contributed by atoms with Crippen molar-refractivity contribution in [1.29, 1.82) is 0 Å². The van der Waals surface area contributed by atoms with Crippen molar-refractivity contribution in [2.75, 3.05) is 18.5 Å². The molecule has 2 aromatic rings. The number of anilines is 1. The zero-order valence-corrected chi connectivity index (χ0v) is 12.4. The number of imidazole rings is 1. The highest BCUT2D eigenvalue weighted by molar-refractivity contribution is 5.79. The molecule has 2 aliphatic rings. The Balaban J connectivity index is 1.71. The molecule has 0 bridgehead atoms. The summed E-state index contributed by atoms with van der Waals surface area (Å²) in [6, 6.07) is 6.54. The lowest BCUT2D eigenvalue weighted by Crippen LogP contribution is -2.29. The SMILES string of the molecule is CC1(Cn2cncc2-c2cccc3c2NCC3)CCCO1. The quantitative estimate of drug-likeness (QED) is 0.941. The van der Waals surface area contributed by atoms with Crippen LogP contribution in [-0.2, 0) is 17.7 Å². The van der Waals surface area contributed by atoms with Crippen molar-refractivity contribution in [3.63, 3.8) is 0 Å². The van der Waals surface area contributed by atoms with Gasteiger partial charge in [-0.15, -0.1) is 0 Å². The minimum absolute atomic E-state index is 0.0547. The minimum Gasteiger partial charge on any atom is -0.384 e. The largest absolute Gasteiger partial charge is 0.384 e. The molecular formula is C17H21N3O. The molecular weight excluding hydrogens is 262 g/mol. The average Bonchev–Trinajstić information content (AvgIpc) is 3.19. The molecule has 3 heterocycles. The molecule has 1 saturated heterocycles. The van der Waals surface area contributed by atoms with Crippen LogP contribution in [0, 0.1) is 0 Å². The summed E-state index contributed by atoms with van der Waals surface area (Å²) < 4.78 is 8.17. The number of nitrogens with one attached hydrogen (secondary N) is 1. The third-order valence-corrected chi connectivity index (χ3v) is 4.64. The summed E-state index contributed by atoms with van der Waals surface area (Å²) in [6.07, 6.45) is 7.28. The van der Waals surface area contributed by atoms with Crippen molar-refractivity contribution in [3.05, 3.63) is 36.3 Å². The van der Waals surface area contributed by atoms with Crippen molar-refractivity contribution in [2.24, 2.45) is 0 Å². The molecule has 0 saturated carbocycles. The Labute approximate surface area is 125 Å². The third kappa shape index (κ3) is 2.23. The maximum absolute atomic E-state index is 5.93. The maximum atomic E-state index is 5.93. The zero-order valence-electron chi connectivity index (χ0n) is 12.4. The van der Waals surface area contributed by atoms with Gasteiger partial charge < -0.3 is 14.6 Å². The van der Waals surface area contributed by atoms with E-state index in [1.54, 1.807) is 0 Å². The van der Waals surface area contributed by atoms with Crippen LogP contribution in [0.1, 0.15) is 25.3 Å². The van der Waals surface area contributed by atoms with E-state index in [9.17, 15) is 0 Å². The molecule has 110 valence electrons. The highest BCUT2D eigenvalue weighted by Crippen LogP contribution is 2.35. The Kier molecular flexibility index (Phi) is 3.00. The molecule has 1 unspecified atom stereocenters. The van der Waals surface area contributed by atoms with Crippen LogP contribution in [0.5, 0.6) is 0 Å². The molecule has 1 N–H and O–H groups in total. The minimum atomic E-state index is -0.0547. The van der Waals surface area contributed by atoms with Gasteiger partial charge in [0.15, 0.2) is 0 Å². The summed E-state index contributed by atoms with van der Waals surface area (Å²) in [4.78, 5) is 4.38. The first-order chi connectivity index (χ1) is 10.3. The second-order valence-electron chi connectivity index (χ2n) is 6.33. The van der Waals surface area contributed by atoms with Gasteiger partial charge in [-0.3, -0.25) is 0 Å². The molecule has 1 aromatic heterocycles. The summed E-state index contributed by atoms with van der Waals surface area (Å²) in [5.74, 6) is 0. The predicted octanol–water partition coefficient (Wildman–Crippen LogP) is 3.09. The lowest BCUT2D eigenvalue weighted by molar-refractivity contribution is 0.00655. The number of para-hydroxylation sites is 1. The van der Waals surface area contributed by atoms with Crippen LogP contribution in [0.25, 0.3) is 11.3 Å². The van der Waals surface area contributed by atoms with E-state index in [0.29, 0.717) is 0 Å². The molecule has 1 fully saturated rings. The van der Waals surface area contributed by atoms with E-state index < -0.39 is 0 Å². The van der Waals surface area contributed by atoms with E-state index in [1.165, 1.54) is 22.5 Å². The summed E-state index contributed by atoms with van der Waals surface area (Å²) in [7, 11) is 0. The van der Waals surface area contributed by atoms with Gasteiger partial charge in [0.05, 0.1) is 30.4 Å². The number of ether oxygens (including phenoxy) is 1. The standard InChI is InChI=1S/C17H21N3O/c1-17(7-3-9-21-17)11-20-12-18-10-15(20)14-5-2-4-13-6-8-19-16(13)14/h2,4-5,10,12,19H,3,6-9,11H2,1H3. The Bertz CT molecular complexity index is 656. The normalized spacial score (nSPS) is 24.0. The second kappa shape index (κ2) is 4.88. The summed E-state index contributed by atoms with van der Waals surface area (Å²) in [6.45, 7) is 4.98. The second-order valence-corrected chi connectivity index (χ2v) is 6.33. The lowest BCUT2D eigenvalue weighted by Gasteiger charge is -2.25. The van der Waals surface area contributed by atoms with E-state index in [2.05, 4.69) is 40.0 Å². The Morgan fingerprint density at radius 1 is 1.43 bits per heavy atom. The van der Waals surface area contributed by atoms with Crippen LogP contribution in [0.2, 0.25) is 0 Å². The average molecular weight is 283 g/mol. The van der Waals surface area contributed by atoms with Gasteiger partial charge in [-0.25, -0.2) is 4.98 Å². The first-order valence-electron chi connectivity index (χ1n) is 7.75. The van der Waals surface area contributed by atoms with Crippen LogP contribution in [0.4, 0.5) is 5.69 Å². The molecule has 1 atom stereocenters. The third-order valence-electron chi connectivity index (χ3n) is 4.64. The smallest absolute Gasteiger partial charge is 0.0951 e. The topological polar surface area (TPSA) is 39.1 Å². The van der Waals surface area contributed by atoms with Crippen LogP contribution >= 0.6 is 0 Å². The van der Waals surface area contributed by atoms with E-state index in [-0.39, 0.29) is 5.60 Å². The van der Waals surface area contributed by atoms with Gasteiger partial charge in [-0.1, -0.05) is 18.2 Å². The fourth-order valence-electron chi connectivity index (χ4n) is 3.55. The fourth-order valence-corrected chi connectivity index (χ4v) is 3.55. The molecule has 2 aliphatic heterocycles. The number of nitrogens with zero attached hydrogens (tertiary/aromatic N) is 2. The number of aromatic nitrogens is 2. The zero-order chi connectivity index (χ0) is 14.3. The van der Waals surface area contributed by atoms with Crippen molar-refractivity contribution < 1.29 is 4.74 Å². The van der Waals surface area contributed by atoms with Crippen molar-refractivity contribution in [3.8, 4) is 11.3 Å². The number of hydrogen-bond acceptors (Lipinski definition) is 3. The van der Waals surface area contributed by atoms with E-state index in [0.717, 1.165) is 39.0 Å². The molecule has 0 aliphatic carbocycles. The van der Waals surface area contributed by atoms with Gasteiger partial charge in [-0.2, -0.15) is 0 Å². The Morgan fingerprint density at radius 2 is 2.38 bits per heavy atom. The molecule has 1 aromatic carbocycles. The molecule has 4 heteroatoms. The fraction of sp³-hybridized carbons (Fsp3) is 0.471. The van der Waals surface area contributed by atoms with E-state index in [1.807, 2.05) is 12.5 Å². The van der Waals surface area contributed by atoms with E-state index in [4.69, 9.17) is 4.74 Å². The molecule has 21 heavy (non-hydrogen) atoms. The monoisotopic (exact) mass is 283 g/mol. The molecule has 0 spiro atoms. The maximum Gasteiger partial charge on any atom is 0.0951 e. The summed E-state index contributed by atoms with van der Waals surface area (Å²) in [5.41, 5.74) is 5.06. The predicted molar refractivity (Wildman–Crippen MR) is 83.4 cm³/mol. The van der Waals surface area contributed by atoms with Crippen LogP contribution in [0.15, 0.2) is 30.7 Å². The van der Waals surface area contributed by atoms with Gasteiger partial charge in [0.1, 0.15) is 0 Å². The van der Waals surface area contributed by atoms with Gasteiger partial charge in [-0.05, 0) is 31.7 Å². The number of hydrogen-bond donors (Lipinski definition) is 1. The van der Waals surface area contributed by atoms with Gasteiger partial charge in [0.2, 0.25) is 0 Å². The number of benzene rings is 1. The van der Waals surface area contributed by atoms with Crippen molar-refractivity contribution in [2.45, 2.75) is 38.3 Å². The van der Waals surface area contributed by atoms with Gasteiger partial charge >= 0.3 is 0 Å². The summed E-state index contributed by atoms with van der Waals surface area (Å²) in [5, 5.41) is 3.52. The van der Waals surface area contributed by atoms with Crippen LogP contribution in [0.3, 0.4) is 0 Å². The number of rotatable bonds is 3. The highest BCUT2D eigenvalue weighted by Gasteiger charge is 2.31. The van der Waals surface area contributed by atoms with Crippen LogP contribution < -0.4 is 5.32 Å². The highest BCUT2D eigenvalue weighted by atomic mass is 16.5. The van der Waals surface area contributed by atoms with Crippen LogP contribution in [-0.4, -0.2) is 28.3 Å². The molecule has 4 nitrogen and oxygen atoms in total. The van der Waals surface area contributed by atoms with Crippen molar-refractivity contribution in [1.82, 2.24) is 9.55 Å². The van der Waals surface area contributed by atoms with Gasteiger partial charge in [0, 0.05) is 24.4 Å². The van der Waals surface area contributed by atoms with Gasteiger partial charge in [0.25, 0.3) is 0 Å². The Hall–Kier alpha value is -1.81. The molecule has 4 rings (SSSR count). The Morgan fingerprint density at radius 3 is 3.24 bits per heavy atom. The lowest BCUT2D eigenvalue weighted by atomic mass is 10.0. The first-order valence-corrected chi connectivity index (χ1v) is 7.75. The molecule has 0 radical (unpaired) electrons. The first kappa shape index (κ1) is 12.9.